The van der Waals surface area contributed by atoms with Gasteiger partial charge in [0.2, 0.25) is 0 Å². The number of rotatable bonds is 6. The summed E-state index contributed by atoms with van der Waals surface area (Å²) in [5, 5.41) is 1.64. The zero-order valence-corrected chi connectivity index (χ0v) is 21.8. The van der Waals surface area contributed by atoms with E-state index in [0.717, 1.165) is 27.6 Å². The molecule has 8 heteroatoms. The lowest BCUT2D eigenvalue weighted by Gasteiger charge is -2.32. The van der Waals surface area contributed by atoms with E-state index in [1.54, 1.807) is 12.3 Å². The molecule has 3 aromatic carbocycles. The van der Waals surface area contributed by atoms with Gasteiger partial charge in [0, 0.05) is 29.7 Å². The predicted molar refractivity (Wildman–Crippen MR) is 154 cm³/mol. The van der Waals surface area contributed by atoms with E-state index in [-0.39, 0.29) is 5.82 Å². The van der Waals surface area contributed by atoms with Crippen molar-refractivity contribution in [3.05, 3.63) is 101 Å². The van der Waals surface area contributed by atoms with Gasteiger partial charge in [-0.05, 0) is 47.2 Å². The van der Waals surface area contributed by atoms with Gasteiger partial charge >= 0.3 is 0 Å². The van der Waals surface area contributed by atoms with Crippen LogP contribution in [0.15, 0.2) is 72.9 Å². The molecule has 198 valence electrons. The van der Waals surface area contributed by atoms with Crippen molar-refractivity contribution >= 4 is 28.0 Å². The molecule has 0 saturated carbocycles. The van der Waals surface area contributed by atoms with Crippen LogP contribution in [0.2, 0.25) is 0 Å². The number of fused-ring (bicyclic) bond motifs is 1. The summed E-state index contributed by atoms with van der Waals surface area (Å²) < 4.78 is 22.3. The van der Waals surface area contributed by atoms with Gasteiger partial charge < -0.3 is 26.1 Å². The number of benzene rings is 3. The van der Waals surface area contributed by atoms with Crippen molar-refractivity contribution < 1.29 is 9.13 Å². The highest BCUT2D eigenvalue weighted by molar-refractivity contribution is 5.93. The van der Waals surface area contributed by atoms with Crippen LogP contribution >= 0.6 is 0 Å². The summed E-state index contributed by atoms with van der Waals surface area (Å²) >= 11 is 0. The number of nitrogen functional groups attached to an aromatic ring is 2. The normalized spacial score (nSPS) is 14.6. The van der Waals surface area contributed by atoms with E-state index in [1.807, 2.05) is 67.6 Å². The summed E-state index contributed by atoms with van der Waals surface area (Å²) in [5.74, 6) is 0.0506. The topological polar surface area (TPSA) is 106 Å². The van der Waals surface area contributed by atoms with Gasteiger partial charge in [-0.25, -0.2) is 14.4 Å². The Morgan fingerprint density at radius 2 is 1.82 bits per heavy atom. The molecule has 39 heavy (non-hydrogen) atoms. The number of hydrogen-bond donors (Lipinski definition) is 3. The minimum Gasteiger partial charge on any atom is -0.399 e. The zero-order chi connectivity index (χ0) is 26.9. The average molecular weight is 523 g/mol. The zero-order valence-electron chi connectivity index (χ0n) is 21.8. The molecule has 2 aromatic heterocycles. The summed E-state index contributed by atoms with van der Waals surface area (Å²) in [5.41, 5.74) is 17.6. The van der Waals surface area contributed by atoms with Gasteiger partial charge in [0.25, 0.3) is 0 Å². The fourth-order valence-electron chi connectivity index (χ4n) is 5.42. The van der Waals surface area contributed by atoms with Gasteiger partial charge in [-0.2, -0.15) is 0 Å². The first-order valence-corrected chi connectivity index (χ1v) is 13.2. The number of nitrogens with zero attached hydrogens (tertiary/aromatic N) is 3. The lowest BCUT2D eigenvalue weighted by Crippen LogP contribution is -2.37. The highest BCUT2D eigenvalue weighted by Gasteiger charge is 2.29. The van der Waals surface area contributed by atoms with Gasteiger partial charge in [0.15, 0.2) is 5.82 Å². The Kier molecular flexibility index (Phi) is 6.62. The number of H-pyrrole nitrogens is 1. The molecular formula is C31H31FN6O. The van der Waals surface area contributed by atoms with E-state index in [9.17, 15) is 0 Å². The molecule has 6 rings (SSSR count). The number of aryl methyl sites for hydroxylation is 1. The second-order valence-electron chi connectivity index (χ2n) is 9.82. The van der Waals surface area contributed by atoms with Crippen LogP contribution in [0.25, 0.3) is 22.0 Å². The summed E-state index contributed by atoms with van der Waals surface area (Å²) in [4.78, 5) is 15.0. The van der Waals surface area contributed by atoms with Crippen molar-refractivity contribution in [2.24, 2.45) is 0 Å². The molecule has 5 aromatic rings. The smallest absolute Gasteiger partial charge is 0.151 e. The third-order valence-corrected chi connectivity index (χ3v) is 7.40. The van der Waals surface area contributed by atoms with Crippen molar-refractivity contribution in [3.63, 3.8) is 0 Å². The van der Waals surface area contributed by atoms with Crippen molar-refractivity contribution in [1.29, 1.82) is 0 Å². The van der Waals surface area contributed by atoms with Crippen LogP contribution < -0.4 is 16.4 Å². The molecule has 3 heterocycles. The van der Waals surface area contributed by atoms with Crippen LogP contribution in [0.5, 0.6) is 0 Å². The quantitative estimate of drug-likeness (QED) is 0.254. The first-order valence-electron chi connectivity index (χ1n) is 13.2. The van der Waals surface area contributed by atoms with Gasteiger partial charge in [-0.15, -0.1) is 0 Å². The molecule has 1 fully saturated rings. The third-order valence-electron chi connectivity index (χ3n) is 7.40. The molecule has 0 amide bonds. The van der Waals surface area contributed by atoms with Crippen LogP contribution in [-0.4, -0.2) is 41.3 Å². The number of anilines is 3. The minimum atomic E-state index is -0.624. The number of ether oxygens (including phenoxy) is 1. The van der Waals surface area contributed by atoms with Gasteiger partial charge in [0.05, 0.1) is 42.4 Å². The van der Waals surface area contributed by atoms with E-state index in [0.29, 0.717) is 67.0 Å². The lowest BCUT2D eigenvalue weighted by molar-refractivity contribution is 0.122. The number of morpholine rings is 1. The Hall–Kier alpha value is -4.43. The highest BCUT2D eigenvalue weighted by atomic mass is 19.1. The van der Waals surface area contributed by atoms with E-state index in [4.69, 9.17) is 26.2 Å². The van der Waals surface area contributed by atoms with E-state index in [1.165, 1.54) is 0 Å². The van der Waals surface area contributed by atoms with Crippen molar-refractivity contribution in [1.82, 2.24) is 15.0 Å². The molecule has 5 N–H and O–H groups in total. The second-order valence-corrected chi connectivity index (χ2v) is 9.82. The maximum absolute atomic E-state index is 16.7. The van der Waals surface area contributed by atoms with Gasteiger partial charge in [-0.1, -0.05) is 49.4 Å². The molecule has 1 saturated heterocycles. The van der Waals surface area contributed by atoms with Crippen LogP contribution in [0, 0.1) is 5.82 Å². The predicted octanol–water partition coefficient (Wildman–Crippen LogP) is 5.51. The molecule has 0 aliphatic carbocycles. The van der Waals surface area contributed by atoms with Gasteiger partial charge in [0.1, 0.15) is 11.6 Å². The first-order chi connectivity index (χ1) is 19.0. The van der Waals surface area contributed by atoms with E-state index < -0.39 is 5.92 Å². The van der Waals surface area contributed by atoms with Crippen molar-refractivity contribution in [2.75, 3.05) is 42.7 Å². The molecule has 7 nitrogen and oxygen atoms in total. The highest BCUT2D eigenvalue weighted by Crippen LogP contribution is 2.39. The summed E-state index contributed by atoms with van der Waals surface area (Å²) in [7, 11) is 0. The van der Waals surface area contributed by atoms with Crippen molar-refractivity contribution in [3.8, 4) is 11.3 Å². The monoisotopic (exact) mass is 522 g/mol. The molecule has 0 bridgehead atoms. The maximum Gasteiger partial charge on any atom is 0.151 e. The molecule has 1 aliphatic rings. The van der Waals surface area contributed by atoms with Gasteiger partial charge in [-0.3, -0.25) is 0 Å². The largest absolute Gasteiger partial charge is 0.399 e. The Morgan fingerprint density at radius 3 is 2.59 bits per heavy atom. The summed E-state index contributed by atoms with van der Waals surface area (Å²) in [6.07, 6.45) is 2.50. The SMILES string of the molecule is CCc1ccc(C(c2cc3cc(N)ccc3c(N)n2)c2ncc(-c3ccccc3)[nH]2)c(F)c1N1CCOCC1. The second kappa shape index (κ2) is 10.4. The molecule has 1 atom stereocenters. The fourth-order valence-corrected chi connectivity index (χ4v) is 5.42. The number of aromatic amines is 1. The van der Waals surface area contributed by atoms with E-state index >= 15 is 4.39 Å². The molecular weight excluding hydrogens is 491 g/mol. The number of pyridine rings is 1. The molecule has 0 spiro atoms. The Bertz CT molecular complexity index is 1630. The minimum absolute atomic E-state index is 0.271. The first kappa shape index (κ1) is 24.9. The van der Waals surface area contributed by atoms with Crippen LogP contribution in [0.4, 0.5) is 21.6 Å². The standard InChI is InChI=1S/C31H31FN6O/c1-2-19-8-10-24(28(32)29(19)38-12-14-39-15-13-38)27(31-35-18-26(37-31)20-6-4-3-5-7-20)25-17-21-16-22(33)9-11-23(21)30(34)36-25/h3-11,16-18,27H,2,12-15,33H2,1H3,(H2,34,36)(H,35,37). The fraction of sp³-hybridized carbons (Fsp3) is 0.226. The number of nitrogens with two attached hydrogens (primary N) is 2. The average Bonchev–Trinajstić information content (AvgIpc) is 3.44. The third kappa shape index (κ3) is 4.68. The number of imidazole rings is 1. The summed E-state index contributed by atoms with van der Waals surface area (Å²) in [6.45, 7) is 4.46. The number of hydrogen-bond acceptors (Lipinski definition) is 6. The molecule has 0 radical (unpaired) electrons. The lowest BCUT2D eigenvalue weighted by atomic mass is 9.90. The molecule has 1 unspecified atom stereocenters. The number of nitrogens with one attached hydrogen (secondary N) is 1. The van der Waals surface area contributed by atoms with E-state index in [2.05, 4.69) is 9.88 Å². The van der Waals surface area contributed by atoms with Crippen LogP contribution in [0.1, 0.15) is 35.5 Å². The molecule has 1 aliphatic heterocycles. The summed E-state index contributed by atoms with van der Waals surface area (Å²) in [6, 6.07) is 21.3. The Labute approximate surface area is 226 Å². The Balaban J connectivity index is 1.56. The van der Waals surface area contributed by atoms with Crippen LogP contribution in [-0.2, 0) is 11.2 Å². The van der Waals surface area contributed by atoms with Crippen molar-refractivity contribution in [2.45, 2.75) is 19.3 Å². The van der Waals surface area contributed by atoms with Crippen LogP contribution in [0.3, 0.4) is 0 Å². The number of aromatic nitrogens is 3. The number of halogens is 1. The maximum atomic E-state index is 16.7. The Morgan fingerprint density at radius 1 is 1.03 bits per heavy atom.